The van der Waals surface area contributed by atoms with E-state index >= 15 is 0 Å². The van der Waals surface area contributed by atoms with E-state index in [1.165, 1.54) is 18.1 Å². The van der Waals surface area contributed by atoms with E-state index in [9.17, 15) is 24.9 Å². The minimum absolute atomic E-state index is 0.0767. The average Bonchev–Trinajstić information content (AvgIpc) is 3.08. The summed E-state index contributed by atoms with van der Waals surface area (Å²) in [5.74, 6) is -1.74. The van der Waals surface area contributed by atoms with Crippen molar-refractivity contribution in [3.8, 4) is 0 Å². The lowest BCUT2D eigenvalue weighted by Crippen LogP contribution is -2.73. The molecular formula is C33H52N2O6. The van der Waals surface area contributed by atoms with Crippen LogP contribution in [-0.4, -0.2) is 57.2 Å². The molecule has 5 saturated carbocycles. The van der Waals surface area contributed by atoms with Crippen molar-refractivity contribution in [2.24, 2.45) is 45.5 Å². The van der Waals surface area contributed by atoms with Crippen molar-refractivity contribution in [3.05, 3.63) is 22.3 Å². The summed E-state index contributed by atoms with van der Waals surface area (Å²) < 4.78 is 5.98. The van der Waals surface area contributed by atoms with Crippen molar-refractivity contribution in [2.45, 2.75) is 136 Å². The molecule has 5 aliphatic rings. The maximum absolute atomic E-state index is 13.2. The normalized spacial score (nSPS) is 48.9. The molecule has 0 radical (unpaired) electrons. The second kappa shape index (κ2) is 10.2. The van der Waals surface area contributed by atoms with Gasteiger partial charge in [-0.2, -0.15) is 0 Å². The Labute approximate surface area is 245 Å². The Morgan fingerprint density at radius 3 is 2.27 bits per heavy atom. The standard InChI is InChI=1S/C33H52N2O6/c1-17(2)19-8-7-9-20(14-19)25(29(39)40)26-24(41-18(3)36)16-32(6)31(5)13-10-21-27(34)22(37)11-12-30(21,4)28(31)23(38)15-33(26,32)35/h20-24,27-28,37-38H,7-16,34-35H2,1-6H3,(H,39,40)/b26-25+/t20?,21-,22+,23+,24-,27-,28-,30-,31-,32+,33+/m0/s1. The highest BCUT2D eigenvalue weighted by molar-refractivity contribution is 5.89. The van der Waals surface area contributed by atoms with Gasteiger partial charge in [-0.1, -0.05) is 31.9 Å². The molecule has 0 aromatic carbocycles. The van der Waals surface area contributed by atoms with Crippen molar-refractivity contribution < 1.29 is 29.6 Å². The molecule has 0 bridgehead atoms. The predicted octanol–water partition coefficient (Wildman–Crippen LogP) is 4.22. The monoisotopic (exact) mass is 572 g/mol. The number of aliphatic hydroxyl groups excluding tert-OH is 2. The summed E-state index contributed by atoms with van der Waals surface area (Å²) in [7, 11) is 0. The van der Waals surface area contributed by atoms with Crippen molar-refractivity contribution in [3.63, 3.8) is 0 Å². The highest BCUT2D eigenvalue weighted by Gasteiger charge is 2.75. The number of ether oxygens (including phenoxy) is 1. The summed E-state index contributed by atoms with van der Waals surface area (Å²) >= 11 is 0. The molecule has 0 heterocycles. The van der Waals surface area contributed by atoms with Crippen LogP contribution in [0.3, 0.4) is 0 Å². The summed E-state index contributed by atoms with van der Waals surface area (Å²) in [4.78, 5) is 25.7. The SMILES string of the molecule is CC(=O)O[C@H]1C[C@@]2(C)[C@@](N)(C[C@@H](O)[C@H]3[C@@]4(C)CC[C@@H](O)[C@@H](N)[C@@H]4CC[C@@]32C)/C1=C(/C(=O)O)C1CCCC(=C(C)C)C1. The van der Waals surface area contributed by atoms with Crippen LogP contribution in [0.4, 0.5) is 0 Å². The molecule has 230 valence electrons. The van der Waals surface area contributed by atoms with Crippen LogP contribution in [0.1, 0.15) is 106 Å². The van der Waals surface area contributed by atoms with Crippen molar-refractivity contribution in [1.82, 2.24) is 0 Å². The number of hydrogen-bond donors (Lipinski definition) is 5. The molecule has 0 spiro atoms. The Morgan fingerprint density at radius 1 is 0.976 bits per heavy atom. The molecule has 0 amide bonds. The van der Waals surface area contributed by atoms with E-state index in [1.807, 2.05) is 0 Å². The summed E-state index contributed by atoms with van der Waals surface area (Å²) in [6.07, 6.45) is 4.72. The first-order valence-electron chi connectivity index (χ1n) is 15.7. The van der Waals surface area contributed by atoms with Crippen LogP contribution >= 0.6 is 0 Å². The topological polar surface area (TPSA) is 156 Å². The summed E-state index contributed by atoms with van der Waals surface area (Å²) in [6, 6.07) is -0.343. The average molecular weight is 573 g/mol. The fourth-order valence-electron chi connectivity index (χ4n) is 11.0. The number of carbonyl (C=O) groups excluding carboxylic acids is 1. The van der Waals surface area contributed by atoms with Crippen LogP contribution in [0.2, 0.25) is 0 Å². The van der Waals surface area contributed by atoms with E-state index in [0.717, 1.165) is 38.5 Å². The first-order chi connectivity index (χ1) is 19.0. The number of allylic oxidation sites excluding steroid dienone is 2. The Balaban J connectivity index is 1.68. The van der Waals surface area contributed by atoms with Crippen LogP contribution in [-0.2, 0) is 14.3 Å². The summed E-state index contributed by atoms with van der Waals surface area (Å²) in [5.41, 5.74) is 14.9. The lowest BCUT2D eigenvalue weighted by Gasteiger charge is -2.70. The lowest BCUT2D eigenvalue weighted by atomic mass is 9.35. The maximum Gasteiger partial charge on any atom is 0.332 e. The van der Waals surface area contributed by atoms with Gasteiger partial charge in [0, 0.05) is 29.7 Å². The van der Waals surface area contributed by atoms with Gasteiger partial charge in [0.15, 0.2) is 0 Å². The van der Waals surface area contributed by atoms with E-state index in [0.29, 0.717) is 24.8 Å². The van der Waals surface area contributed by atoms with Crippen molar-refractivity contribution in [1.29, 1.82) is 0 Å². The molecule has 8 nitrogen and oxygen atoms in total. The molecule has 1 unspecified atom stereocenters. The first kappa shape index (κ1) is 30.7. The van der Waals surface area contributed by atoms with Crippen LogP contribution in [0.15, 0.2) is 22.3 Å². The van der Waals surface area contributed by atoms with Gasteiger partial charge in [0.25, 0.3) is 0 Å². The molecule has 11 atom stereocenters. The van der Waals surface area contributed by atoms with E-state index in [1.54, 1.807) is 0 Å². The molecular weight excluding hydrogens is 520 g/mol. The molecule has 5 aliphatic carbocycles. The number of nitrogens with two attached hydrogens (primary N) is 2. The number of esters is 1. The summed E-state index contributed by atoms with van der Waals surface area (Å²) in [5, 5.41) is 33.5. The van der Waals surface area contributed by atoms with Gasteiger partial charge in [-0.15, -0.1) is 0 Å². The van der Waals surface area contributed by atoms with Crippen LogP contribution in [0, 0.1) is 34.0 Å². The van der Waals surface area contributed by atoms with Gasteiger partial charge in [-0.05, 0) is 112 Å². The third kappa shape index (κ3) is 4.29. The highest BCUT2D eigenvalue weighted by atomic mass is 16.5. The highest BCUT2D eigenvalue weighted by Crippen LogP contribution is 2.74. The van der Waals surface area contributed by atoms with Gasteiger partial charge in [0.2, 0.25) is 0 Å². The number of aliphatic carboxylic acids is 1. The number of carboxylic acid groups (broad SMARTS) is 1. The van der Waals surface area contributed by atoms with Crippen LogP contribution in [0.25, 0.3) is 0 Å². The van der Waals surface area contributed by atoms with E-state index in [-0.39, 0.29) is 41.2 Å². The fourth-order valence-corrected chi connectivity index (χ4v) is 11.0. The molecule has 5 rings (SSSR count). The number of rotatable bonds is 3. The zero-order valence-corrected chi connectivity index (χ0v) is 25.8. The van der Waals surface area contributed by atoms with Gasteiger partial charge in [-0.25, -0.2) is 4.79 Å². The zero-order valence-electron chi connectivity index (χ0n) is 25.8. The Bertz CT molecular complexity index is 1180. The molecule has 7 N–H and O–H groups in total. The molecule has 0 aromatic rings. The number of carbonyl (C=O) groups is 2. The largest absolute Gasteiger partial charge is 0.478 e. The number of hydrogen-bond acceptors (Lipinski definition) is 7. The predicted molar refractivity (Wildman–Crippen MR) is 156 cm³/mol. The van der Waals surface area contributed by atoms with Crippen molar-refractivity contribution in [2.75, 3.05) is 0 Å². The Kier molecular flexibility index (Phi) is 7.62. The quantitative estimate of drug-likeness (QED) is 0.191. The van der Waals surface area contributed by atoms with Gasteiger partial charge in [-0.3, -0.25) is 4.79 Å². The van der Waals surface area contributed by atoms with E-state index in [4.69, 9.17) is 16.2 Å². The van der Waals surface area contributed by atoms with Crippen LogP contribution < -0.4 is 11.5 Å². The second-order valence-electron chi connectivity index (χ2n) is 15.1. The first-order valence-corrected chi connectivity index (χ1v) is 15.7. The Hall–Kier alpha value is -1.74. The van der Waals surface area contributed by atoms with Gasteiger partial charge < -0.3 is 31.5 Å². The smallest absolute Gasteiger partial charge is 0.332 e. The summed E-state index contributed by atoms with van der Waals surface area (Å²) in [6.45, 7) is 12.1. The van der Waals surface area contributed by atoms with Crippen LogP contribution in [0.5, 0.6) is 0 Å². The number of carboxylic acids is 1. The van der Waals surface area contributed by atoms with Gasteiger partial charge >= 0.3 is 11.9 Å². The van der Waals surface area contributed by atoms with Gasteiger partial charge in [0.05, 0.1) is 12.2 Å². The second-order valence-corrected chi connectivity index (χ2v) is 15.1. The third-order valence-electron chi connectivity index (χ3n) is 13.1. The lowest BCUT2D eigenvalue weighted by molar-refractivity contribution is -0.232. The number of fused-ring (bicyclic) bond motifs is 5. The number of aliphatic hydroxyl groups is 2. The van der Waals surface area contributed by atoms with Crippen molar-refractivity contribution >= 4 is 11.9 Å². The Morgan fingerprint density at radius 2 is 1.66 bits per heavy atom. The molecule has 0 saturated heterocycles. The third-order valence-corrected chi connectivity index (χ3v) is 13.1. The molecule has 41 heavy (non-hydrogen) atoms. The van der Waals surface area contributed by atoms with E-state index in [2.05, 4.69) is 34.6 Å². The maximum atomic E-state index is 13.2. The fraction of sp³-hybridized carbons (Fsp3) is 0.818. The van der Waals surface area contributed by atoms with Gasteiger partial charge in [0.1, 0.15) is 6.10 Å². The zero-order chi connectivity index (χ0) is 30.3. The molecule has 5 fully saturated rings. The van der Waals surface area contributed by atoms with E-state index < -0.39 is 46.6 Å². The minimum atomic E-state index is -1.16. The molecule has 8 heteroatoms. The molecule has 0 aromatic heterocycles. The minimum Gasteiger partial charge on any atom is -0.478 e. The molecule has 0 aliphatic heterocycles.